The monoisotopic (exact) mass is 322 g/mol. The molecule has 23 heavy (non-hydrogen) atoms. The molecular formula is C19H18N2OS. The van der Waals surface area contributed by atoms with Crippen LogP contribution in [0, 0.1) is 13.8 Å². The average molecular weight is 322 g/mol. The number of rotatable bonds is 3. The van der Waals surface area contributed by atoms with Gasteiger partial charge in [-0.25, -0.2) is 0 Å². The van der Waals surface area contributed by atoms with Gasteiger partial charge in [0, 0.05) is 12.1 Å². The molecule has 0 fully saturated rings. The molecule has 3 nitrogen and oxygen atoms in total. The summed E-state index contributed by atoms with van der Waals surface area (Å²) in [4.78, 5) is 17.5. The Bertz CT molecular complexity index is 949. The van der Waals surface area contributed by atoms with Crippen LogP contribution in [0.2, 0.25) is 0 Å². The van der Waals surface area contributed by atoms with E-state index < -0.39 is 0 Å². The molecule has 0 spiro atoms. The molecule has 0 radical (unpaired) electrons. The minimum atomic E-state index is -0.218. The van der Waals surface area contributed by atoms with E-state index in [0.29, 0.717) is 16.9 Å². The van der Waals surface area contributed by atoms with Gasteiger partial charge in [-0.2, -0.15) is 4.99 Å². The van der Waals surface area contributed by atoms with Crippen molar-refractivity contribution < 1.29 is 4.79 Å². The maximum Gasteiger partial charge on any atom is 0.279 e. The number of carbonyl (C=O) groups is 1. The molecule has 0 saturated carbocycles. The first-order chi connectivity index (χ1) is 11.1. The molecule has 4 heteroatoms. The Morgan fingerprint density at radius 1 is 1.26 bits per heavy atom. The number of fused-ring (bicyclic) bond motifs is 1. The zero-order valence-corrected chi connectivity index (χ0v) is 14.1. The lowest BCUT2D eigenvalue weighted by molar-refractivity contribution is 0.0998. The number of aromatic nitrogens is 1. The van der Waals surface area contributed by atoms with Crippen molar-refractivity contribution in [3.63, 3.8) is 0 Å². The van der Waals surface area contributed by atoms with Crippen LogP contribution in [0.3, 0.4) is 0 Å². The molecule has 2 aromatic carbocycles. The summed E-state index contributed by atoms with van der Waals surface area (Å²) in [5.41, 5.74) is 4.11. The van der Waals surface area contributed by atoms with Crippen molar-refractivity contribution >= 4 is 27.5 Å². The molecule has 0 atom stereocenters. The van der Waals surface area contributed by atoms with Crippen molar-refractivity contribution in [2.75, 3.05) is 0 Å². The molecule has 0 saturated heterocycles. The third-order valence-electron chi connectivity index (χ3n) is 3.64. The van der Waals surface area contributed by atoms with Gasteiger partial charge in [-0.05, 0) is 43.2 Å². The van der Waals surface area contributed by atoms with Crippen molar-refractivity contribution in [3.05, 3.63) is 76.6 Å². The van der Waals surface area contributed by atoms with E-state index in [4.69, 9.17) is 0 Å². The number of thiazole rings is 1. The smallest absolute Gasteiger partial charge is 0.279 e. The number of benzene rings is 2. The van der Waals surface area contributed by atoms with Gasteiger partial charge in [0.2, 0.25) is 0 Å². The molecule has 0 aliphatic heterocycles. The van der Waals surface area contributed by atoms with Crippen molar-refractivity contribution in [1.82, 2.24) is 4.57 Å². The van der Waals surface area contributed by atoms with Crippen LogP contribution < -0.4 is 4.80 Å². The molecule has 1 amide bonds. The molecule has 0 aliphatic carbocycles. The van der Waals surface area contributed by atoms with E-state index in [-0.39, 0.29) is 5.91 Å². The summed E-state index contributed by atoms with van der Waals surface area (Å²) in [6.07, 6.45) is 1.83. The lowest BCUT2D eigenvalue weighted by Crippen LogP contribution is -2.16. The summed E-state index contributed by atoms with van der Waals surface area (Å²) in [6.45, 7) is 8.62. The summed E-state index contributed by atoms with van der Waals surface area (Å²) in [5, 5.41) is 0. The van der Waals surface area contributed by atoms with Crippen LogP contribution in [-0.4, -0.2) is 10.5 Å². The third kappa shape index (κ3) is 3.03. The lowest BCUT2D eigenvalue weighted by Gasteiger charge is -2.03. The molecule has 0 aliphatic rings. The molecule has 0 unspecified atom stereocenters. The van der Waals surface area contributed by atoms with Crippen LogP contribution in [0.1, 0.15) is 21.5 Å². The Balaban J connectivity index is 2.22. The first-order valence-corrected chi connectivity index (χ1v) is 8.27. The van der Waals surface area contributed by atoms with Crippen LogP contribution in [0.5, 0.6) is 0 Å². The van der Waals surface area contributed by atoms with Gasteiger partial charge in [0.15, 0.2) is 4.80 Å². The minimum absolute atomic E-state index is 0.218. The van der Waals surface area contributed by atoms with E-state index in [1.807, 2.05) is 28.8 Å². The summed E-state index contributed by atoms with van der Waals surface area (Å²) in [7, 11) is 0. The molecule has 3 aromatic rings. The summed E-state index contributed by atoms with van der Waals surface area (Å²) < 4.78 is 3.21. The number of allylic oxidation sites excluding steroid dienone is 1. The number of hydrogen-bond acceptors (Lipinski definition) is 2. The third-order valence-corrected chi connectivity index (χ3v) is 4.87. The zero-order valence-electron chi connectivity index (χ0n) is 13.2. The first kappa shape index (κ1) is 15.4. The second-order valence-electron chi connectivity index (χ2n) is 5.50. The number of aryl methyl sites for hydroxylation is 2. The largest absolute Gasteiger partial charge is 0.312 e. The highest BCUT2D eigenvalue weighted by atomic mass is 32.1. The SMILES string of the molecule is C=CCn1c(=NC(=O)c2ccccc2)sc2c(C)cc(C)cc21. The Morgan fingerprint density at radius 2 is 2.00 bits per heavy atom. The highest BCUT2D eigenvalue weighted by molar-refractivity contribution is 7.16. The van der Waals surface area contributed by atoms with Gasteiger partial charge in [-0.1, -0.05) is 41.7 Å². The second kappa shape index (κ2) is 6.34. The molecule has 0 bridgehead atoms. The van der Waals surface area contributed by atoms with Crippen LogP contribution in [-0.2, 0) is 6.54 Å². The number of carbonyl (C=O) groups excluding carboxylic acids is 1. The van der Waals surface area contributed by atoms with Crippen LogP contribution >= 0.6 is 11.3 Å². The normalized spacial score (nSPS) is 11.8. The fourth-order valence-corrected chi connectivity index (χ4v) is 3.72. The minimum Gasteiger partial charge on any atom is -0.312 e. The molecule has 1 aromatic heterocycles. The Hall–Kier alpha value is -2.46. The van der Waals surface area contributed by atoms with Gasteiger partial charge in [0.05, 0.1) is 10.2 Å². The molecule has 3 rings (SSSR count). The summed E-state index contributed by atoms with van der Waals surface area (Å²) in [6, 6.07) is 13.4. The molecule has 1 heterocycles. The molecular weight excluding hydrogens is 304 g/mol. The Morgan fingerprint density at radius 3 is 2.70 bits per heavy atom. The predicted octanol–water partition coefficient (Wildman–Crippen LogP) is 4.25. The molecule has 0 N–H and O–H groups in total. The van der Waals surface area contributed by atoms with Gasteiger partial charge in [0.1, 0.15) is 0 Å². The highest BCUT2D eigenvalue weighted by Gasteiger charge is 2.10. The number of amides is 1. The standard InChI is InChI=1S/C19H18N2OS/c1-4-10-21-16-12-13(2)11-14(3)17(16)23-19(21)20-18(22)15-8-6-5-7-9-15/h4-9,11-12H,1,10H2,2-3H3. The maximum atomic E-state index is 12.4. The van der Waals surface area contributed by atoms with Crippen LogP contribution in [0.25, 0.3) is 10.2 Å². The zero-order chi connectivity index (χ0) is 16.4. The molecule has 116 valence electrons. The van der Waals surface area contributed by atoms with E-state index in [9.17, 15) is 4.79 Å². The summed E-state index contributed by atoms with van der Waals surface area (Å²) >= 11 is 1.55. The lowest BCUT2D eigenvalue weighted by atomic mass is 10.1. The quantitative estimate of drug-likeness (QED) is 0.664. The van der Waals surface area contributed by atoms with Crippen LogP contribution in [0.4, 0.5) is 0 Å². The van der Waals surface area contributed by atoms with E-state index in [1.54, 1.807) is 23.5 Å². The predicted molar refractivity (Wildman–Crippen MR) is 95.8 cm³/mol. The van der Waals surface area contributed by atoms with Crippen molar-refractivity contribution in [2.45, 2.75) is 20.4 Å². The van der Waals surface area contributed by atoms with E-state index in [0.717, 1.165) is 10.2 Å². The maximum absolute atomic E-state index is 12.4. The van der Waals surface area contributed by atoms with E-state index in [1.165, 1.54) is 11.1 Å². The summed E-state index contributed by atoms with van der Waals surface area (Å²) in [5.74, 6) is -0.218. The van der Waals surface area contributed by atoms with Gasteiger partial charge in [-0.15, -0.1) is 6.58 Å². The van der Waals surface area contributed by atoms with Crippen molar-refractivity contribution in [3.8, 4) is 0 Å². The number of nitrogens with zero attached hydrogens (tertiary/aromatic N) is 2. The van der Waals surface area contributed by atoms with Gasteiger partial charge in [-0.3, -0.25) is 4.79 Å². The number of hydrogen-bond donors (Lipinski definition) is 0. The van der Waals surface area contributed by atoms with Gasteiger partial charge >= 0.3 is 0 Å². The first-order valence-electron chi connectivity index (χ1n) is 7.45. The fraction of sp³-hybridized carbons (Fsp3) is 0.158. The van der Waals surface area contributed by atoms with Crippen LogP contribution in [0.15, 0.2) is 60.1 Å². The highest BCUT2D eigenvalue weighted by Crippen LogP contribution is 2.23. The Labute approximate surface area is 139 Å². The van der Waals surface area contributed by atoms with Gasteiger partial charge < -0.3 is 4.57 Å². The van der Waals surface area contributed by atoms with E-state index in [2.05, 4.69) is 37.6 Å². The Kier molecular flexibility index (Phi) is 4.26. The topological polar surface area (TPSA) is 34.4 Å². The fourth-order valence-electron chi connectivity index (χ4n) is 2.64. The van der Waals surface area contributed by atoms with Crippen molar-refractivity contribution in [1.29, 1.82) is 0 Å². The van der Waals surface area contributed by atoms with Crippen molar-refractivity contribution in [2.24, 2.45) is 4.99 Å². The van der Waals surface area contributed by atoms with E-state index >= 15 is 0 Å². The second-order valence-corrected chi connectivity index (χ2v) is 6.47. The average Bonchev–Trinajstić information content (AvgIpc) is 2.87. The van der Waals surface area contributed by atoms with Gasteiger partial charge in [0.25, 0.3) is 5.91 Å².